The third kappa shape index (κ3) is 3.28. The van der Waals surface area contributed by atoms with Gasteiger partial charge in [-0.1, -0.05) is 12.1 Å². The molecule has 0 spiro atoms. The number of piperidine rings is 1. The first-order chi connectivity index (χ1) is 9.61. The van der Waals surface area contributed by atoms with Gasteiger partial charge in [-0.05, 0) is 31.4 Å². The topological polar surface area (TPSA) is 73.6 Å². The molecule has 0 saturated carbocycles. The maximum Gasteiger partial charge on any atom is 0.329 e. The second-order valence-electron chi connectivity index (χ2n) is 4.97. The maximum absolute atomic E-state index is 10.5. The van der Waals surface area contributed by atoms with Gasteiger partial charge in [-0.3, -0.25) is 0 Å². The van der Waals surface area contributed by atoms with Crippen molar-refractivity contribution in [3.05, 3.63) is 29.3 Å². The molecular weight excluding hydrogens is 256 g/mol. The van der Waals surface area contributed by atoms with Gasteiger partial charge >= 0.3 is 5.97 Å². The van der Waals surface area contributed by atoms with Crippen molar-refractivity contribution in [3.63, 3.8) is 0 Å². The van der Waals surface area contributed by atoms with E-state index in [9.17, 15) is 10.1 Å². The van der Waals surface area contributed by atoms with E-state index in [1.54, 1.807) is 0 Å². The Morgan fingerprint density at radius 1 is 1.50 bits per heavy atom. The highest BCUT2D eigenvalue weighted by Crippen LogP contribution is 2.28. The second kappa shape index (κ2) is 6.40. The van der Waals surface area contributed by atoms with Crippen LogP contribution in [-0.2, 0) is 9.53 Å². The van der Waals surface area contributed by atoms with Gasteiger partial charge in [-0.2, -0.15) is 5.26 Å². The van der Waals surface area contributed by atoms with Crippen LogP contribution in [0.15, 0.2) is 18.2 Å². The molecule has 20 heavy (non-hydrogen) atoms. The lowest BCUT2D eigenvalue weighted by atomic mass is 10.0. The Balaban J connectivity index is 2.01. The molecule has 106 valence electrons. The summed E-state index contributed by atoms with van der Waals surface area (Å²) in [4.78, 5) is 12.7. The van der Waals surface area contributed by atoms with Gasteiger partial charge in [0.25, 0.3) is 0 Å². The zero-order valence-corrected chi connectivity index (χ0v) is 11.5. The number of hydrogen-bond acceptors (Lipinski definition) is 4. The number of para-hydroxylation sites is 1. The third-order valence-corrected chi connectivity index (χ3v) is 3.56. The smallest absolute Gasteiger partial charge is 0.329 e. The molecule has 1 aromatic rings. The summed E-state index contributed by atoms with van der Waals surface area (Å²) in [5.41, 5.74) is 2.77. The molecule has 0 amide bonds. The maximum atomic E-state index is 10.5. The molecule has 0 radical (unpaired) electrons. The number of nitrogens with zero attached hydrogens (tertiary/aromatic N) is 2. The zero-order chi connectivity index (χ0) is 14.5. The number of ether oxygens (including phenoxy) is 1. The molecule has 1 N–H and O–H groups in total. The lowest BCUT2D eigenvalue weighted by Gasteiger charge is -2.34. The SMILES string of the molecule is Cc1cccc(C#N)c1N1CCC(OCC(=O)O)CC1. The number of nitriles is 1. The lowest BCUT2D eigenvalue weighted by Crippen LogP contribution is -2.38. The van der Waals surface area contributed by atoms with Crippen LogP contribution in [0.1, 0.15) is 24.0 Å². The number of carboxylic acids is 1. The summed E-state index contributed by atoms with van der Waals surface area (Å²) in [6, 6.07) is 7.96. The van der Waals surface area contributed by atoms with E-state index in [1.165, 1.54) is 0 Å². The van der Waals surface area contributed by atoms with Gasteiger partial charge in [0.05, 0.1) is 17.4 Å². The Bertz CT molecular complexity index is 528. The molecule has 5 heteroatoms. The molecule has 1 heterocycles. The fraction of sp³-hybridized carbons (Fsp3) is 0.467. The predicted octanol–water partition coefficient (Wildman–Crippen LogP) is 1.94. The minimum Gasteiger partial charge on any atom is -0.480 e. The van der Waals surface area contributed by atoms with Crippen molar-refractivity contribution in [2.45, 2.75) is 25.9 Å². The second-order valence-corrected chi connectivity index (χ2v) is 4.97. The van der Waals surface area contributed by atoms with Crippen molar-refractivity contribution in [3.8, 4) is 6.07 Å². The number of anilines is 1. The van der Waals surface area contributed by atoms with Crippen LogP contribution in [0, 0.1) is 18.3 Å². The molecule has 2 rings (SSSR count). The molecule has 1 aliphatic rings. The van der Waals surface area contributed by atoms with Gasteiger partial charge in [0.2, 0.25) is 0 Å². The Morgan fingerprint density at radius 3 is 2.80 bits per heavy atom. The molecule has 1 aliphatic heterocycles. The summed E-state index contributed by atoms with van der Waals surface area (Å²) in [7, 11) is 0. The summed E-state index contributed by atoms with van der Waals surface area (Å²) < 4.78 is 5.32. The van der Waals surface area contributed by atoms with Crippen LogP contribution in [0.4, 0.5) is 5.69 Å². The van der Waals surface area contributed by atoms with E-state index in [0.717, 1.165) is 37.2 Å². The lowest BCUT2D eigenvalue weighted by molar-refractivity contribution is -0.144. The standard InChI is InChI=1S/C15H18N2O3/c1-11-3-2-4-12(9-16)15(11)17-7-5-13(6-8-17)20-10-14(18)19/h2-4,13H,5-8,10H2,1H3,(H,18,19). The molecule has 1 saturated heterocycles. The average molecular weight is 274 g/mol. The molecule has 1 fully saturated rings. The molecule has 5 nitrogen and oxygen atoms in total. The summed E-state index contributed by atoms with van der Waals surface area (Å²) in [5.74, 6) is -0.932. The monoisotopic (exact) mass is 274 g/mol. The van der Waals surface area contributed by atoms with Crippen LogP contribution in [0.2, 0.25) is 0 Å². The fourth-order valence-electron chi connectivity index (χ4n) is 2.60. The molecule has 0 aromatic heterocycles. The van der Waals surface area contributed by atoms with Gasteiger partial charge in [0.15, 0.2) is 0 Å². The van der Waals surface area contributed by atoms with Crippen LogP contribution in [-0.4, -0.2) is 36.9 Å². The average Bonchev–Trinajstić information content (AvgIpc) is 2.45. The minimum absolute atomic E-state index is 0.00287. The molecular formula is C15H18N2O3. The van der Waals surface area contributed by atoms with E-state index < -0.39 is 5.97 Å². The molecule has 0 bridgehead atoms. The van der Waals surface area contributed by atoms with Crippen LogP contribution in [0.5, 0.6) is 0 Å². The summed E-state index contributed by atoms with van der Waals surface area (Å²) in [6.07, 6.45) is 1.57. The highest BCUT2D eigenvalue weighted by atomic mass is 16.5. The van der Waals surface area contributed by atoms with Crippen molar-refractivity contribution in [1.82, 2.24) is 0 Å². The van der Waals surface area contributed by atoms with Gasteiger partial charge < -0.3 is 14.7 Å². The van der Waals surface area contributed by atoms with Crippen molar-refractivity contribution < 1.29 is 14.6 Å². The van der Waals surface area contributed by atoms with Crippen molar-refractivity contribution >= 4 is 11.7 Å². The number of aliphatic carboxylic acids is 1. The number of aryl methyl sites for hydroxylation is 1. The summed E-state index contributed by atoms with van der Waals surface area (Å²) >= 11 is 0. The highest BCUT2D eigenvalue weighted by Gasteiger charge is 2.23. The first-order valence-corrected chi connectivity index (χ1v) is 6.70. The number of carboxylic acid groups (broad SMARTS) is 1. The number of hydrogen-bond donors (Lipinski definition) is 1. The largest absolute Gasteiger partial charge is 0.480 e. The van der Waals surface area contributed by atoms with E-state index >= 15 is 0 Å². The van der Waals surface area contributed by atoms with E-state index in [4.69, 9.17) is 9.84 Å². The quantitative estimate of drug-likeness (QED) is 0.908. The van der Waals surface area contributed by atoms with Crippen LogP contribution < -0.4 is 4.90 Å². The van der Waals surface area contributed by atoms with Gasteiger partial charge in [0.1, 0.15) is 12.7 Å². The molecule has 1 aromatic carbocycles. The normalized spacial score (nSPS) is 15.9. The van der Waals surface area contributed by atoms with Crippen LogP contribution >= 0.6 is 0 Å². The zero-order valence-electron chi connectivity index (χ0n) is 11.5. The van der Waals surface area contributed by atoms with E-state index in [-0.39, 0.29) is 12.7 Å². The van der Waals surface area contributed by atoms with Gasteiger partial charge in [-0.25, -0.2) is 4.79 Å². The fourth-order valence-corrected chi connectivity index (χ4v) is 2.60. The number of benzene rings is 1. The first-order valence-electron chi connectivity index (χ1n) is 6.70. The molecule has 0 aliphatic carbocycles. The van der Waals surface area contributed by atoms with Crippen molar-refractivity contribution in [2.24, 2.45) is 0 Å². The van der Waals surface area contributed by atoms with E-state index in [0.29, 0.717) is 5.56 Å². The third-order valence-electron chi connectivity index (χ3n) is 3.56. The van der Waals surface area contributed by atoms with Crippen molar-refractivity contribution in [2.75, 3.05) is 24.6 Å². The van der Waals surface area contributed by atoms with Crippen LogP contribution in [0.3, 0.4) is 0 Å². The Hall–Kier alpha value is -2.06. The van der Waals surface area contributed by atoms with Gasteiger partial charge in [0, 0.05) is 13.1 Å². The summed E-state index contributed by atoms with van der Waals surface area (Å²) in [6.45, 7) is 3.33. The molecule has 0 atom stereocenters. The Morgan fingerprint density at radius 2 is 2.20 bits per heavy atom. The summed E-state index contributed by atoms with van der Waals surface area (Å²) in [5, 5.41) is 17.8. The first kappa shape index (κ1) is 14.4. The number of carbonyl (C=O) groups is 1. The van der Waals surface area contributed by atoms with E-state index in [2.05, 4.69) is 11.0 Å². The predicted molar refractivity (Wildman–Crippen MR) is 74.7 cm³/mol. The van der Waals surface area contributed by atoms with Crippen molar-refractivity contribution in [1.29, 1.82) is 5.26 Å². The number of rotatable bonds is 4. The molecule has 0 unspecified atom stereocenters. The van der Waals surface area contributed by atoms with E-state index in [1.807, 2.05) is 25.1 Å². The Labute approximate surface area is 118 Å². The Kier molecular flexibility index (Phi) is 4.59. The van der Waals surface area contributed by atoms with Gasteiger partial charge in [-0.15, -0.1) is 0 Å². The minimum atomic E-state index is -0.932. The highest BCUT2D eigenvalue weighted by molar-refractivity contribution is 5.68. The van der Waals surface area contributed by atoms with Crippen LogP contribution in [0.25, 0.3) is 0 Å².